The van der Waals surface area contributed by atoms with Gasteiger partial charge < -0.3 is 10.0 Å². The summed E-state index contributed by atoms with van der Waals surface area (Å²) in [5, 5.41) is 10.2. The maximum absolute atomic E-state index is 11.3. The maximum Gasteiger partial charge on any atom is 0.347 e. The van der Waals surface area contributed by atoms with Gasteiger partial charge in [0.05, 0.1) is 5.69 Å². The van der Waals surface area contributed by atoms with Gasteiger partial charge in [-0.2, -0.15) is 0 Å². The molecule has 0 bridgehead atoms. The van der Waals surface area contributed by atoms with Crippen molar-refractivity contribution in [1.82, 2.24) is 4.98 Å². The van der Waals surface area contributed by atoms with Crippen LogP contribution in [-0.4, -0.2) is 29.1 Å². The number of carbonyl (C=O) groups is 1. The topological polar surface area (TPSA) is 53.4 Å². The Morgan fingerprint density at radius 2 is 2.26 bits per heavy atom. The molecule has 1 aliphatic carbocycles. The third-order valence-corrected chi connectivity index (χ3v) is 5.17. The highest BCUT2D eigenvalue weighted by Gasteiger charge is 2.34. The first-order valence-corrected chi connectivity index (χ1v) is 7.99. The van der Waals surface area contributed by atoms with Gasteiger partial charge in [0, 0.05) is 19.0 Å². The van der Waals surface area contributed by atoms with Crippen LogP contribution in [0, 0.1) is 5.92 Å². The molecule has 3 rings (SSSR count). The molecule has 104 valence electrons. The van der Waals surface area contributed by atoms with Crippen LogP contribution >= 0.6 is 11.3 Å². The van der Waals surface area contributed by atoms with E-state index < -0.39 is 5.97 Å². The summed E-state index contributed by atoms with van der Waals surface area (Å²) in [7, 11) is 0. The van der Waals surface area contributed by atoms with E-state index in [0.29, 0.717) is 10.8 Å². The lowest BCUT2D eigenvalue weighted by Crippen LogP contribution is -2.19. The van der Waals surface area contributed by atoms with Gasteiger partial charge in [-0.05, 0) is 31.6 Å². The zero-order valence-electron chi connectivity index (χ0n) is 11.3. The number of aromatic nitrogens is 1. The molecule has 1 aromatic heterocycles. The van der Waals surface area contributed by atoms with E-state index in [1.54, 1.807) is 0 Å². The summed E-state index contributed by atoms with van der Waals surface area (Å²) in [6.45, 7) is 4.30. The highest BCUT2D eigenvalue weighted by molar-refractivity contribution is 7.17. The Bertz CT molecular complexity index is 482. The summed E-state index contributed by atoms with van der Waals surface area (Å²) in [4.78, 5) is 18.7. The van der Waals surface area contributed by atoms with Gasteiger partial charge in [0.25, 0.3) is 0 Å². The van der Waals surface area contributed by atoms with Crippen LogP contribution in [0.15, 0.2) is 0 Å². The Labute approximate surface area is 117 Å². The number of carboxylic acids is 1. The molecule has 1 saturated carbocycles. The molecule has 5 heteroatoms. The Kier molecular flexibility index (Phi) is 3.48. The lowest BCUT2D eigenvalue weighted by atomic mass is 10.0. The van der Waals surface area contributed by atoms with Gasteiger partial charge in [0.2, 0.25) is 0 Å². The minimum Gasteiger partial charge on any atom is -0.477 e. The quantitative estimate of drug-likeness (QED) is 0.898. The second kappa shape index (κ2) is 5.12. The lowest BCUT2D eigenvalue weighted by molar-refractivity contribution is 0.0700. The van der Waals surface area contributed by atoms with E-state index in [9.17, 15) is 9.90 Å². The van der Waals surface area contributed by atoms with Gasteiger partial charge in [-0.15, -0.1) is 0 Å². The second-order valence-corrected chi connectivity index (χ2v) is 6.66. The van der Waals surface area contributed by atoms with E-state index >= 15 is 0 Å². The molecule has 2 heterocycles. The first-order valence-electron chi connectivity index (χ1n) is 7.18. The number of hydrogen-bond donors (Lipinski definition) is 1. The van der Waals surface area contributed by atoms with Crippen LogP contribution in [-0.2, 0) is 0 Å². The molecule has 1 aromatic rings. The van der Waals surface area contributed by atoms with Crippen molar-refractivity contribution in [3.05, 3.63) is 10.6 Å². The van der Waals surface area contributed by atoms with Crippen LogP contribution in [0.3, 0.4) is 0 Å². The molecule has 1 aliphatic heterocycles. The standard InChI is InChI=1S/C14H20N2O2S/c1-2-3-9-6-7-16(8-9)14-15-11(10-4-5-10)12(19-14)13(17)18/h9-10H,2-8H2,1H3,(H,17,18). The van der Waals surface area contributed by atoms with Crippen LogP contribution in [0.1, 0.15) is 60.3 Å². The van der Waals surface area contributed by atoms with Crippen LogP contribution in [0.4, 0.5) is 5.13 Å². The number of thiazole rings is 1. The van der Waals surface area contributed by atoms with Crippen LogP contribution in [0.2, 0.25) is 0 Å². The number of aromatic carboxylic acids is 1. The number of carboxylic acid groups (broad SMARTS) is 1. The fourth-order valence-electron chi connectivity index (χ4n) is 2.89. The summed E-state index contributed by atoms with van der Waals surface area (Å²) in [5.41, 5.74) is 0.839. The Balaban J connectivity index is 1.78. The van der Waals surface area contributed by atoms with Crippen molar-refractivity contribution in [3.63, 3.8) is 0 Å². The van der Waals surface area contributed by atoms with Crippen molar-refractivity contribution in [2.75, 3.05) is 18.0 Å². The Morgan fingerprint density at radius 3 is 2.89 bits per heavy atom. The number of rotatable bonds is 5. The van der Waals surface area contributed by atoms with Gasteiger partial charge in [-0.1, -0.05) is 24.7 Å². The van der Waals surface area contributed by atoms with Crippen molar-refractivity contribution >= 4 is 22.4 Å². The van der Waals surface area contributed by atoms with E-state index in [-0.39, 0.29) is 0 Å². The maximum atomic E-state index is 11.3. The number of hydrogen-bond acceptors (Lipinski definition) is 4. The fourth-order valence-corrected chi connectivity index (χ4v) is 3.92. The Morgan fingerprint density at radius 1 is 1.47 bits per heavy atom. The molecule has 0 amide bonds. The summed E-state index contributed by atoms with van der Waals surface area (Å²) in [5.74, 6) is 0.353. The first kappa shape index (κ1) is 12.9. The average Bonchev–Trinajstić information content (AvgIpc) is 2.95. The van der Waals surface area contributed by atoms with E-state index in [4.69, 9.17) is 0 Å². The highest BCUT2D eigenvalue weighted by atomic mass is 32.1. The average molecular weight is 280 g/mol. The summed E-state index contributed by atoms with van der Waals surface area (Å²) >= 11 is 1.37. The third-order valence-electron chi connectivity index (χ3n) is 4.05. The summed E-state index contributed by atoms with van der Waals surface area (Å²) in [6.07, 6.45) is 5.91. The van der Waals surface area contributed by atoms with Crippen molar-refractivity contribution < 1.29 is 9.90 Å². The molecule has 4 nitrogen and oxygen atoms in total. The van der Waals surface area contributed by atoms with Crippen molar-refractivity contribution in [1.29, 1.82) is 0 Å². The van der Waals surface area contributed by atoms with Gasteiger partial charge in [0.1, 0.15) is 4.88 Å². The second-order valence-electron chi connectivity index (χ2n) is 5.68. The molecule has 1 N–H and O–H groups in total. The van der Waals surface area contributed by atoms with Crippen molar-refractivity contribution in [2.45, 2.75) is 44.9 Å². The van der Waals surface area contributed by atoms with Gasteiger partial charge >= 0.3 is 5.97 Å². The highest BCUT2D eigenvalue weighted by Crippen LogP contribution is 2.44. The molecule has 0 spiro atoms. The predicted molar refractivity (Wildman–Crippen MR) is 76.3 cm³/mol. The molecule has 1 unspecified atom stereocenters. The summed E-state index contributed by atoms with van der Waals surface area (Å²) in [6, 6.07) is 0. The zero-order valence-corrected chi connectivity index (χ0v) is 12.1. The first-order chi connectivity index (χ1) is 9.19. The minimum atomic E-state index is -0.810. The molecular formula is C14H20N2O2S. The Hall–Kier alpha value is -1.10. The van der Waals surface area contributed by atoms with Crippen LogP contribution in [0.25, 0.3) is 0 Å². The number of anilines is 1. The summed E-state index contributed by atoms with van der Waals surface area (Å²) < 4.78 is 0. The normalized spacial score (nSPS) is 23.0. The lowest BCUT2D eigenvalue weighted by Gasteiger charge is -2.14. The van der Waals surface area contributed by atoms with Crippen LogP contribution < -0.4 is 4.90 Å². The van der Waals surface area contributed by atoms with Crippen molar-refractivity contribution in [2.24, 2.45) is 5.92 Å². The SMILES string of the molecule is CCCC1CCN(c2nc(C3CC3)c(C(=O)O)s2)C1. The molecule has 1 atom stereocenters. The molecule has 2 fully saturated rings. The molecule has 0 aromatic carbocycles. The van der Waals surface area contributed by atoms with Crippen LogP contribution in [0.5, 0.6) is 0 Å². The van der Waals surface area contributed by atoms with E-state index in [1.807, 2.05) is 0 Å². The van der Waals surface area contributed by atoms with Gasteiger partial charge in [0.15, 0.2) is 5.13 Å². The molecule has 2 aliphatic rings. The zero-order chi connectivity index (χ0) is 13.4. The smallest absolute Gasteiger partial charge is 0.347 e. The molecule has 19 heavy (non-hydrogen) atoms. The van der Waals surface area contributed by atoms with E-state index in [1.165, 1.54) is 30.6 Å². The van der Waals surface area contributed by atoms with Crippen molar-refractivity contribution in [3.8, 4) is 0 Å². The fraction of sp³-hybridized carbons (Fsp3) is 0.714. The third kappa shape index (κ3) is 2.61. The monoisotopic (exact) mass is 280 g/mol. The largest absolute Gasteiger partial charge is 0.477 e. The number of nitrogens with zero attached hydrogens (tertiary/aromatic N) is 2. The predicted octanol–water partition coefficient (Wildman–Crippen LogP) is 3.35. The van der Waals surface area contributed by atoms with Gasteiger partial charge in [-0.25, -0.2) is 9.78 Å². The minimum absolute atomic E-state index is 0.408. The van der Waals surface area contributed by atoms with E-state index in [0.717, 1.165) is 42.7 Å². The van der Waals surface area contributed by atoms with E-state index in [2.05, 4.69) is 16.8 Å². The van der Waals surface area contributed by atoms with Gasteiger partial charge in [-0.3, -0.25) is 0 Å². The molecule has 1 saturated heterocycles. The molecular weight excluding hydrogens is 260 g/mol. The molecule has 0 radical (unpaired) electrons.